The zero-order chi connectivity index (χ0) is 50.2. The SMILES string of the molecule is CC(=O)CNC1=C2[C@H](CC[C@]3(CCN=C(N)N)[C@@H]4[C@@H](CC#C[C@@H]([C@@H]5COC(=O)[C@H]5c5cc[nH]c5)C[C@H]5[C@@H](CC=C6CC[C@H](C)C[C@@H]65)[C@H](C(O)O)C[C@@H](O)[C@]4(C)O)C[C@@]23O)[C@@]2(C)C[C@H](O)[C@H](O)C[C@H]2C1=O. The Morgan fingerprint density at radius 1 is 1.01 bits per heavy atom. The first kappa shape index (κ1) is 50.8. The number of nitrogens with one attached hydrogen (secondary N) is 2. The number of fused-ring (bicyclic) bond motifs is 10. The minimum absolute atomic E-state index is 0.00167. The van der Waals surface area contributed by atoms with Gasteiger partial charge in [-0.2, -0.15) is 0 Å². The lowest BCUT2D eigenvalue weighted by Crippen LogP contribution is -2.65. The molecule has 13 N–H and O–H groups in total. The fraction of sp³-hybridized carbons (Fsp3) is 0.741. The molecule has 384 valence electrons. The first-order valence-electron chi connectivity index (χ1n) is 26.0. The molecular weight excluding hydrogens is 895 g/mol. The smallest absolute Gasteiger partial charge is 0.313 e. The minimum Gasteiger partial charge on any atom is -0.465 e. The molecule has 2 heterocycles. The van der Waals surface area contributed by atoms with Gasteiger partial charge in [0.05, 0.1) is 54.3 Å². The van der Waals surface area contributed by atoms with Crippen molar-refractivity contribution in [1.82, 2.24) is 10.3 Å². The fourth-order valence-corrected chi connectivity index (χ4v) is 16.6. The average molecular weight is 972 g/mol. The number of hydrogen-bond donors (Lipinski definition) is 11. The van der Waals surface area contributed by atoms with Gasteiger partial charge in [-0.1, -0.05) is 31.4 Å². The molecule has 1 aliphatic heterocycles. The van der Waals surface area contributed by atoms with Crippen LogP contribution in [0.3, 0.4) is 0 Å². The number of nitrogens with zero attached hydrogens (tertiary/aromatic N) is 1. The molecule has 16 nitrogen and oxygen atoms in total. The van der Waals surface area contributed by atoms with Gasteiger partial charge in [-0.3, -0.25) is 19.4 Å². The summed E-state index contributed by atoms with van der Waals surface area (Å²) in [6.45, 7) is 7.12. The van der Waals surface area contributed by atoms with Crippen molar-refractivity contribution in [3.63, 3.8) is 0 Å². The van der Waals surface area contributed by atoms with Crippen molar-refractivity contribution >= 4 is 23.5 Å². The summed E-state index contributed by atoms with van der Waals surface area (Å²) >= 11 is 0. The minimum atomic E-state index is -2.01. The predicted octanol–water partition coefficient (Wildman–Crippen LogP) is 2.69. The van der Waals surface area contributed by atoms with Crippen molar-refractivity contribution in [2.45, 2.75) is 153 Å². The molecule has 0 aromatic carbocycles. The normalized spacial score (nSPS) is 44.8. The molecule has 19 atom stereocenters. The van der Waals surface area contributed by atoms with Gasteiger partial charge in [0.25, 0.3) is 0 Å². The lowest BCUT2D eigenvalue weighted by molar-refractivity contribution is -0.197. The Hall–Kier alpha value is -4.08. The second-order valence-electron chi connectivity index (χ2n) is 23.6. The highest BCUT2D eigenvalue weighted by atomic mass is 16.5. The molecule has 0 spiro atoms. The van der Waals surface area contributed by atoms with Crippen LogP contribution in [0.1, 0.15) is 123 Å². The Morgan fingerprint density at radius 2 is 1.79 bits per heavy atom. The van der Waals surface area contributed by atoms with Crippen molar-refractivity contribution in [3.8, 4) is 11.8 Å². The summed E-state index contributed by atoms with van der Waals surface area (Å²) in [4.78, 5) is 48.9. The third-order valence-corrected chi connectivity index (χ3v) is 19.8. The Bertz CT molecular complexity index is 2330. The van der Waals surface area contributed by atoms with Crippen molar-refractivity contribution < 1.29 is 54.9 Å². The van der Waals surface area contributed by atoms with Gasteiger partial charge >= 0.3 is 5.97 Å². The highest BCUT2D eigenvalue weighted by Gasteiger charge is 2.74. The summed E-state index contributed by atoms with van der Waals surface area (Å²) in [7, 11) is 0. The number of aliphatic imine (C=N–C) groups is 1. The number of esters is 1. The van der Waals surface area contributed by atoms with E-state index in [0.717, 1.165) is 24.8 Å². The molecule has 5 fully saturated rings. The predicted molar refractivity (Wildman–Crippen MR) is 258 cm³/mol. The van der Waals surface area contributed by atoms with Crippen LogP contribution in [0.2, 0.25) is 0 Å². The molecule has 16 heteroatoms. The Kier molecular flexibility index (Phi) is 13.9. The van der Waals surface area contributed by atoms with Gasteiger partial charge in [0, 0.05) is 60.4 Å². The molecule has 70 heavy (non-hydrogen) atoms. The second kappa shape index (κ2) is 19.1. The maximum Gasteiger partial charge on any atom is 0.313 e. The van der Waals surface area contributed by atoms with Crippen LogP contribution >= 0.6 is 0 Å². The van der Waals surface area contributed by atoms with Crippen LogP contribution in [0.15, 0.2) is 46.4 Å². The van der Waals surface area contributed by atoms with Crippen LogP contribution in [0.5, 0.6) is 0 Å². The number of ether oxygens (including phenoxy) is 1. The van der Waals surface area contributed by atoms with Gasteiger partial charge in [0.2, 0.25) is 0 Å². The number of aromatic nitrogens is 1. The number of rotatable bonds is 9. The van der Waals surface area contributed by atoms with Gasteiger partial charge < -0.3 is 62.3 Å². The molecule has 0 unspecified atom stereocenters. The summed E-state index contributed by atoms with van der Waals surface area (Å²) in [5.74, 6) is 1.20. The van der Waals surface area contributed by atoms with Crippen molar-refractivity contribution in [2.24, 2.45) is 92.4 Å². The summed E-state index contributed by atoms with van der Waals surface area (Å²) in [6.07, 6.45) is 4.96. The van der Waals surface area contributed by atoms with Gasteiger partial charge in [-0.25, -0.2) is 0 Å². The number of Topliss-reactive ketones (excluding diaryl/α,β-unsaturated/α-hetero) is 2. The van der Waals surface area contributed by atoms with Gasteiger partial charge in [-0.15, -0.1) is 5.92 Å². The molecule has 8 aliphatic rings. The topological polar surface area (TPSA) is 294 Å². The molecule has 7 aliphatic carbocycles. The average Bonchev–Trinajstić information content (AvgIpc) is 4.02. The number of aromatic amines is 1. The van der Waals surface area contributed by atoms with Crippen LogP contribution in [-0.2, 0) is 19.1 Å². The van der Waals surface area contributed by atoms with Crippen molar-refractivity contribution in [3.05, 3.63) is 46.9 Å². The summed E-state index contributed by atoms with van der Waals surface area (Å²) in [5, 5.41) is 88.9. The number of allylic oxidation sites excluding steroid dienone is 3. The van der Waals surface area contributed by atoms with Gasteiger partial charge in [0.1, 0.15) is 5.78 Å². The van der Waals surface area contributed by atoms with Crippen molar-refractivity contribution in [2.75, 3.05) is 19.7 Å². The molecule has 4 saturated carbocycles. The van der Waals surface area contributed by atoms with Gasteiger partial charge in [-0.05, 0) is 149 Å². The molecule has 0 amide bonds. The number of ketones is 2. The van der Waals surface area contributed by atoms with Crippen LogP contribution in [0, 0.1) is 87.8 Å². The summed E-state index contributed by atoms with van der Waals surface area (Å²) < 4.78 is 5.86. The number of guanidine groups is 1. The number of hydrogen-bond acceptors (Lipinski definition) is 13. The molecule has 0 bridgehead atoms. The zero-order valence-corrected chi connectivity index (χ0v) is 41.2. The number of carbonyl (C=O) groups is 3. The quantitative estimate of drug-likeness (QED) is 0.0424. The first-order chi connectivity index (χ1) is 33.1. The number of H-pyrrole nitrogens is 1. The Labute approximate surface area is 411 Å². The van der Waals surface area contributed by atoms with E-state index in [4.69, 9.17) is 16.2 Å². The van der Waals surface area contributed by atoms with Crippen LogP contribution in [-0.4, -0.2) is 120 Å². The van der Waals surface area contributed by atoms with E-state index < -0.39 is 88.1 Å². The lowest BCUT2D eigenvalue weighted by atomic mass is 9.44. The molecule has 1 saturated heterocycles. The van der Waals surface area contributed by atoms with E-state index in [2.05, 4.69) is 40.1 Å². The van der Waals surface area contributed by atoms with Crippen molar-refractivity contribution in [1.29, 1.82) is 0 Å². The second-order valence-corrected chi connectivity index (χ2v) is 23.6. The molecule has 0 radical (unpaired) electrons. The van der Waals surface area contributed by atoms with E-state index >= 15 is 4.79 Å². The number of nitrogens with two attached hydrogens (primary N) is 2. The van der Waals surface area contributed by atoms with E-state index in [1.807, 2.05) is 19.2 Å². The van der Waals surface area contributed by atoms with Crippen LogP contribution < -0.4 is 16.8 Å². The zero-order valence-electron chi connectivity index (χ0n) is 41.2. The Morgan fingerprint density at radius 3 is 2.49 bits per heavy atom. The van der Waals surface area contributed by atoms with E-state index in [1.54, 1.807) is 13.1 Å². The summed E-state index contributed by atoms with van der Waals surface area (Å²) in [6, 6.07) is 1.88. The van der Waals surface area contributed by atoms with E-state index in [9.17, 15) is 45.3 Å². The molecule has 1 aromatic rings. The van der Waals surface area contributed by atoms with E-state index in [0.29, 0.717) is 30.8 Å². The maximum atomic E-state index is 15.1. The number of cyclic esters (lactones) is 1. The first-order valence-corrected chi connectivity index (χ1v) is 26.0. The van der Waals surface area contributed by atoms with E-state index in [-0.39, 0.29) is 118 Å². The molecule has 1 aromatic heterocycles. The fourth-order valence-electron chi connectivity index (χ4n) is 16.6. The monoisotopic (exact) mass is 972 g/mol. The third kappa shape index (κ3) is 8.46. The molecular formula is C54H77N5O11. The lowest BCUT2D eigenvalue weighted by Gasteiger charge is -2.62. The van der Waals surface area contributed by atoms with Crippen LogP contribution in [0.4, 0.5) is 0 Å². The van der Waals surface area contributed by atoms with Gasteiger partial charge in [0.15, 0.2) is 18.0 Å². The highest BCUT2D eigenvalue weighted by molar-refractivity contribution is 6.00. The maximum absolute atomic E-state index is 15.1. The molecule has 9 rings (SSSR count). The van der Waals surface area contributed by atoms with Crippen LogP contribution in [0.25, 0.3) is 0 Å². The Balaban J connectivity index is 1.23. The number of aliphatic hydroxyl groups excluding tert-OH is 4. The highest BCUT2D eigenvalue weighted by Crippen LogP contribution is 2.72. The number of aliphatic hydroxyl groups is 7. The number of carbonyl (C=O) groups excluding carboxylic acids is 3. The standard InChI is InChI=1S/C54H77N5O11/c1-27-8-9-29-10-11-33-35(34(29)18-27)19-30(37-26-70-49(67)43(37)32-13-16-57-25-32)6-5-7-31-22-54(69)44-38(51(3)23-41(62)40(61)21-39(51)46(64)45(44)59-24-28(2)60)12-14-53(54,15-17-58-50(55)56)47(31)52(4,68)42(63)20-36(33)48(65)66/h10,13,16,25,27,30-31,33-43,47-48,57,59,61-63,65-66,68-69H,7-9,11-12,14-15,17-24,26H2,1-4H3,(H4,55,56,58)/t27-,30+,31-,33+,34-,35-,36+,37-,38-,39-,40+,41-,42+,43-,47+,51+,52-,53-,54+/m0/s1. The largest absolute Gasteiger partial charge is 0.465 e. The third-order valence-electron chi connectivity index (χ3n) is 19.8. The van der Waals surface area contributed by atoms with E-state index in [1.165, 1.54) is 12.5 Å². The summed E-state index contributed by atoms with van der Waals surface area (Å²) in [5.41, 5.74) is 8.35.